The Morgan fingerprint density at radius 1 is 0.720 bits per heavy atom. The largest absolute Gasteiger partial charge is 0.550 e. The molecule has 3 fully saturated rings. The Morgan fingerprint density at radius 2 is 1.32 bits per heavy atom. The molecule has 7 amide bonds. The molecule has 16 atom stereocenters. The maximum absolute atomic E-state index is 14.6. The van der Waals surface area contributed by atoms with Gasteiger partial charge < -0.3 is 98.6 Å². The molecule has 3 aliphatic heterocycles. The fraction of sp³-hybridized carbons (Fsp3) is 0.745. The second-order valence-electron chi connectivity index (χ2n) is 22.0. The first-order chi connectivity index (χ1) is 38.8. The predicted molar refractivity (Wildman–Crippen MR) is 295 cm³/mol. The molecule has 2 unspecified atom stereocenters. The Hall–Kier alpha value is -5.62. The van der Waals surface area contributed by atoms with Crippen LogP contribution in [0.3, 0.4) is 0 Å². The van der Waals surface area contributed by atoms with Gasteiger partial charge in [0, 0.05) is 51.4 Å². The number of phenols is 1. The summed E-state index contributed by atoms with van der Waals surface area (Å²) in [6, 6.07) is -6.40. The van der Waals surface area contributed by atoms with Crippen molar-refractivity contribution in [3.8, 4) is 5.75 Å². The molecule has 82 heavy (non-hydrogen) atoms. The number of hydrogen-bond acceptors (Lipinski definition) is 20. The van der Waals surface area contributed by atoms with Crippen LogP contribution in [0.2, 0.25) is 0 Å². The lowest BCUT2D eigenvalue weighted by Crippen LogP contribution is -2.65. The van der Waals surface area contributed by atoms with E-state index in [9.17, 15) is 84.3 Å². The Morgan fingerprint density at radius 3 is 1.91 bits per heavy atom. The monoisotopic (exact) mass is 1170 g/mol. The second-order valence-corrected chi connectivity index (χ2v) is 22.0. The first-order valence-corrected chi connectivity index (χ1v) is 28.8. The first-order valence-electron chi connectivity index (χ1n) is 28.8. The van der Waals surface area contributed by atoms with E-state index in [1.807, 2.05) is 0 Å². The molecule has 0 aliphatic carbocycles. The lowest BCUT2D eigenvalue weighted by atomic mass is 9.91. The minimum absolute atomic E-state index is 0.0257. The highest BCUT2D eigenvalue weighted by molar-refractivity contribution is 5.98. The van der Waals surface area contributed by atoms with Gasteiger partial charge in [-0.2, -0.15) is 0 Å². The predicted octanol–water partition coefficient (Wildman–Crippen LogP) is -4.17. The zero-order chi connectivity index (χ0) is 61.4. The summed E-state index contributed by atoms with van der Waals surface area (Å²) in [5, 5.41) is 114. The highest BCUT2D eigenvalue weighted by Crippen LogP contribution is 2.27. The van der Waals surface area contributed by atoms with Gasteiger partial charge in [0.15, 0.2) is 0 Å². The molecule has 466 valence electrons. The molecule has 27 heteroatoms. The van der Waals surface area contributed by atoms with Crippen LogP contribution in [-0.2, 0) is 38.4 Å². The van der Waals surface area contributed by atoms with Crippen molar-refractivity contribution in [3.05, 3.63) is 29.8 Å². The third kappa shape index (κ3) is 21.9. The van der Waals surface area contributed by atoms with Crippen LogP contribution in [0.5, 0.6) is 5.75 Å². The molecule has 0 spiro atoms. The quantitative estimate of drug-likeness (QED) is 0.0437. The van der Waals surface area contributed by atoms with Gasteiger partial charge in [-0.3, -0.25) is 38.9 Å². The van der Waals surface area contributed by atoms with E-state index >= 15 is 0 Å². The number of carbonyl (C=O) groups is 8. The number of aliphatic hydroxyl groups is 7. The number of phenolic OH excluding ortho intramolecular Hbond substituents is 1. The molecule has 0 aromatic heterocycles. The number of hydrogen-bond donors (Lipinski definition) is 16. The van der Waals surface area contributed by atoms with Crippen LogP contribution in [0.1, 0.15) is 143 Å². The van der Waals surface area contributed by atoms with Gasteiger partial charge in [-0.05, 0) is 75.1 Å². The van der Waals surface area contributed by atoms with Crippen molar-refractivity contribution in [2.24, 2.45) is 23.3 Å². The van der Waals surface area contributed by atoms with Gasteiger partial charge in [0.25, 0.3) is 0 Å². The number of benzene rings is 1. The van der Waals surface area contributed by atoms with E-state index in [0.717, 1.165) is 55.2 Å². The van der Waals surface area contributed by atoms with E-state index in [4.69, 9.17) is 11.5 Å². The molecule has 18 N–H and O–H groups in total. The fourth-order valence-corrected chi connectivity index (χ4v) is 10.2. The van der Waals surface area contributed by atoms with Gasteiger partial charge in [0.2, 0.25) is 41.4 Å². The van der Waals surface area contributed by atoms with Crippen LogP contribution < -0.4 is 48.5 Å². The summed E-state index contributed by atoms with van der Waals surface area (Å²) >= 11 is 0. The number of unbranched alkanes of at least 4 members (excludes halogenated alkanes) is 5. The lowest BCUT2D eigenvalue weighted by Gasteiger charge is -2.35. The van der Waals surface area contributed by atoms with Gasteiger partial charge in [-0.1, -0.05) is 84.8 Å². The Labute approximate surface area is 479 Å². The molecular formula is C55H93N10O17-. The average Bonchev–Trinajstić information content (AvgIpc) is 4.23. The number of nitrogens with one attached hydrogen (secondary N) is 6. The third-order valence-electron chi connectivity index (χ3n) is 15.2. The van der Waals surface area contributed by atoms with Gasteiger partial charge >= 0.3 is 0 Å². The number of aliphatic hydroxyl groups excluding tert-OH is 7. The summed E-state index contributed by atoms with van der Waals surface area (Å²) in [5.41, 5.74) is 11.5. The zero-order valence-electron chi connectivity index (χ0n) is 48.0. The maximum atomic E-state index is 14.6. The third-order valence-corrected chi connectivity index (χ3v) is 15.2. The van der Waals surface area contributed by atoms with E-state index in [0.29, 0.717) is 24.7 Å². The standard InChI is InChI=1S/C52H88N10O15.C3H6O2/c1-5-28(2)24-29(3)12-10-8-6-7-9-11-13-39(69)56-34-26-38(68)46(55-22-21-54)60-50(75)43-37(67)19-23-61(43)52(77)41(36(66)18-20-53)58-49(74)42(45(71)44(70)31-14-16-32(64)17-15-31)59-48(73)35-25-33(65)27-62(35)51(76)40(30(4)63)57-47(34)72;1-2-3(4)5/h14-17,28-30,33-38,40-46,55,63-68,70-71H,5-13,18-27,53-54H2,1-4H3,(H,56,69)(H,57,72)(H,58,74)(H,59,73)(H,60,75);2H2,1H3,(H,4,5)/p-1/t28?,29?,30-,33-,34+,35+,36-,37+,38-,40+,41+,42+,43+,44+,45+,46+;/m1./s1. The van der Waals surface area contributed by atoms with E-state index in [1.165, 1.54) is 37.6 Å². The molecule has 3 heterocycles. The number of carboxylic acid groups (broad SMARTS) is 1. The minimum Gasteiger partial charge on any atom is -0.550 e. The number of carbonyl (C=O) groups excluding carboxylic acids is 8. The van der Waals surface area contributed by atoms with Crippen molar-refractivity contribution in [1.29, 1.82) is 0 Å². The number of carboxylic acids is 1. The first kappa shape index (κ1) is 70.6. The summed E-state index contributed by atoms with van der Waals surface area (Å²) in [4.78, 5) is 111. The van der Waals surface area contributed by atoms with E-state index in [1.54, 1.807) is 0 Å². The van der Waals surface area contributed by atoms with Crippen molar-refractivity contribution < 1.29 is 84.3 Å². The Balaban J connectivity index is 0.00000337. The molecule has 4 rings (SSSR count). The number of nitrogens with two attached hydrogens (primary N) is 2. The fourth-order valence-electron chi connectivity index (χ4n) is 10.2. The van der Waals surface area contributed by atoms with Gasteiger partial charge in [-0.25, -0.2) is 0 Å². The highest BCUT2D eigenvalue weighted by Gasteiger charge is 2.49. The maximum Gasteiger partial charge on any atom is 0.248 e. The number of aromatic hydroxyl groups is 1. The number of fused-ring (bicyclic) bond motifs is 2. The molecule has 0 saturated carbocycles. The van der Waals surface area contributed by atoms with E-state index < -0.39 is 152 Å². The second kappa shape index (κ2) is 35.5. The lowest BCUT2D eigenvalue weighted by molar-refractivity contribution is -0.305. The van der Waals surface area contributed by atoms with Crippen LogP contribution in [0.4, 0.5) is 0 Å². The summed E-state index contributed by atoms with van der Waals surface area (Å²) < 4.78 is 0. The number of amides is 7. The summed E-state index contributed by atoms with van der Waals surface area (Å²) in [6.45, 7) is 8.27. The minimum atomic E-state index is -2.28. The molecular weight excluding hydrogens is 1070 g/mol. The van der Waals surface area contributed by atoms with Crippen molar-refractivity contribution in [2.45, 2.75) is 216 Å². The summed E-state index contributed by atoms with van der Waals surface area (Å²) in [7, 11) is 0. The molecule has 1 aromatic carbocycles. The number of aliphatic carboxylic acids is 1. The van der Waals surface area contributed by atoms with Crippen LogP contribution in [-0.4, -0.2) is 210 Å². The molecule has 3 saturated heterocycles. The number of nitrogens with zero attached hydrogens (tertiary/aromatic N) is 2. The normalized spacial score (nSPS) is 27.3. The van der Waals surface area contributed by atoms with Crippen molar-refractivity contribution in [2.75, 3.05) is 32.7 Å². The molecule has 27 nitrogen and oxygen atoms in total. The van der Waals surface area contributed by atoms with Gasteiger partial charge in [0.05, 0.1) is 30.5 Å². The molecule has 3 aliphatic rings. The van der Waals surface area contributed by atoms with Crippen LogP contribution >= 0.6 is 0 Å². The number of rotatable bonds is 24. The Bertz CT molecular complexity index is 2200. The smallest absolute Gasteiger partial charge is 0.248 e. The topological polar surface area (TPSA) is 452 Å². The van der Waals surface area contributed by atoms with Gasteiger partial charge in [0.1, 0.15) is 60.4 Å². The highest BCUT2D eigenvalue weighted by atomic mass is 16.4. The van der Waals surface area contributed by atoms with Crippen LogP contribution in [0, 0.1) is 11.8 Å². The van der Waals surface area contributed by atoms with Gasteiger partial charge in [-0.15, -0.1) is 0 Å². The summed E-state index contributed by atoms with van der Waals surface area (Å²) in [5.74, 6) is -7.43. The van der Waals surface area contributed by atoms with E-state index in [-0.39, 0.29) is 63.2 Å². The molecule has 0 bridgehead atoms. The van der Waals surface area contributed by atoms with Crippen molar-refractivity contribution >= 4 is 47.3 Å². The molecule has 0 radical (unpaired) electrons. The van der Waals surface area contributed by atoms with E-state index in [2.05, 4.69) is 52.7 Å². The van der Waals surface area contributed by atoms with Crippen molar-refractivity contribution in [1.82, 2.24) is 41.7 Å². The summed E-state index contributed by atoms with van der Waals surface area (Å²) in [6.07, 6.45) is -6.83. The van der Waals surface area contributed by atoms with Crippen molar-refractivity contribution in [3.63, 3.8) is 0 Å². The van der Waals surface area contributed by atoms with Crippen LogP contribution in [0.25, 0.3) is 0 Å². The Kier molecular flexibility index (Phi) is 30.6. The average molecular weight is 1170 g/mol. The van der Waals surface area contributed by atoms with Crippen LogP contribution in [0.15, 0.2) is 24.3 Å². The SMILES string of the molecule is CCC(=O)[O-].CCC(C)CC(C)CCCCCCCCC(=O)N[C@H]1C[C@@H](O)[C@@H](NCCN)NC(=O)[C@@H]2[C@@H](O)CCN2C(=O)[C@H]([C@H](O)CCN)NC(=O)[C@H]([C@H](O)[C@@H](O)c2ccc(O)cc2)NC(=O)[C@@H]2C[C@@H](O)CN2C(=O)[C@H]([C@@H](C)O)NC1=O. The molecule has 1 aromatic rings. The zero-order valence-corrected chi connectivity index (χ0v) is 48.0.